The molecule has 0 saturated carbocycles. The van der Waals surface area contributed by atoms with Gasteiger partial charge in [0.05, 0.1) is 6.33 Å². The van der Waals surface area contributed by atoms with E-state index >= 15 is 0 Å². The first kappa shape index (κ1) is 8.12. The lowest BCUT2D eigenvalue weighted by Gasteiger charge is -2.15. The van der Waals surface area contributed by atoms with Crippen LogP contribution < -0.4 is 0 Å². The van der Waals surface area contributed by atoms with E-state index in [1.54, 1.807) is 13.8 Å². The third-order valence-corrected chi connectivity index (χ3v) is 1.80. The van der Waals surface area contributed by atoms with E-state index in [0.717, 1.165) is 0 Å². The van der Waals surface area contributed by atoms with Gasteiger partial charge < -0.3 is 10.1 Å². The third-order valence-electron chi connectivity index (χ3n) is 1.80. The van der Waals surface area contributed by atoms with Crippen molar-refractivity contribution in [3.05, 3.63) is 18.3 Å². The number of nitrogens with one attached hydrogen (secondary N) is 1. The van der Waals surface area contributed by atoms with Crippen LogP contribution in [-0.4, -0.2) is 25.0 Å². The van der Waals surface area contributed by atoms with E-state index in [4.69, 9.17) is 0 Å². The topological polar surface area (TPSA) is 74.7 Å². The van der Waals surface area contributed by atoms with Crippen molar-refractivity contribution in [2.75, 3.05) is 0 Å². The number of rotatable bonds is 1. The summed E-state index contributed by atoms with van der Waals surface area (Å²) in [5.74, 6) is 0. The molecule has 0 saturated heterocycles. The van der Waals surface area contributed by atoms with Crippen LogP contribution in [0.4, 0.5) is 0 Å². The first-order valence-electron chi connectivity index (χ1n) is 3.96. The zero-order valence-electron chi connectivity index (χ0n) is 7.44. The maximum Gasteiger partial charge on any atom is 0.180 e. The highest BCUT2D eigenvalue weighted by molar-refractivity contribution is 5.72. The lowest BCUT2D eigenvalue weighted by molar-refractivity contribution is 0.0753. The van der Waals surface area contributed by atoms with Gasteiger partial charge in [-0.3, -0.25) is 0 Å². The largest absolute Gasteiger partial charge is 0.384 e. The highest BCUT2D eigenvalue weighted by atomic mass is 16.3. The lowest BCUT2D eigenvalue weighted by Crippen LogP contribution is -2.18. The Bertz CT molecular complexity index is 429. The molecule has 5 nitrogen and oxygen atoms in total. The molecule has 2 rings (SSSR count). The minimum absolute atomic E-state index is 0.565. The monoisotopic (exact) mass is 178 g/mol. The van der Waals surface area contributed by atoms with Gasteiger partial charge >= 0.3 is 0 Å². The van der Waals surface area contributed by atoms with Crippen molar-refractivity contribution < 1.29 is 5.11 Å². The smallest absolute Gasteiger partial charge is 0.180 e. The van der Waals surface area contributed by atoms with E-state index in [1.165, 1.54) is 12.7 Å². The molecule has 68 valence electrons. The summed E-state index contributed by atoms with van der Waals surface area (Å²) in [6.07, 6.45) is 2.94. The Hall–Kier alpha value is -1.49. The quantitative estimate of drug-likeness (QED) is 0.669. The second-order valence-corrected chi connectivity index (χ2v) is 3.38. The summed E-state index contributed by atoms with van der Waals surface area (Å²) in [4.78, 5) is 14.8. The highest BCUT2D eigenvalue weighted by Gasteiger charge is 2.21. The van der Waals surface area contributed by atoms with Gasteiger partial charge in [0, 0.05) is 0 Å². The molecule has 0 bridgehead atoms. The Morgan fingerprint density at radius 3 is 2.77 bits per heavy atom. The van der Waals surface area contributed by atoms with Gasteiger partial charge in [0.15, 0.2) is 5.65 Å². The first-order chi connectivity index (χ1) is 6.09. The fourth-order valence-corrected chi connectivity index (χ4v) is 1.23. The van der Waals surface area contributed by atoms with Crippen LogP contribution in [0.5, 0.6) is 0 Å². The number of H-pyrrole nitrogens is 1. The van der Waals surface area contributed by atoms with Crippen LogP contribution in [0.25, 0.3) is 11.2 Å². The summed E-state index contributed by atoms with van der Waals surface area (Å²) in [6.45, 7) is 3.35. The Kier molecular flexibility index (Phi) is 1.56. The maximum atomic E-state index is 9.77. The molecule has 5 heteroatoms. The third kappa shape index (κ3) is 1.27. The van der Waals surface area contributed by atoms with Crippen LogP contribution in [0.2, 0.25) is 0 Å². The molecular weight excluding hydrogens is 168 g/mol. The van der Waals surface area contributed by atoms with Crippen LogP contribution in [0.15, 0.2) is 12.7 Å². The van der Waals surface area contributed by atoms with Crippen molar-refractivity contribution in [3.8, 4) is 0 Å². The van der Waals surface area contributed by atoms with Crippen molar-refractivity contribution in [1.29, 1.82) is 0 Å². The Labute approximate surface area is 74.9 Å². The van der Waals surface area contributed by atoms with Gasteiger partial charge in [-0.2, -0.15) is 0 Å². The fourth-order valence-electron chi connectivity index (χ4n) is 1.23. The van der Waals surface area contributed by atoms with Crippen molar-refractivity contribution in [3.63, 3.8) is 0 Å². The summed E-state index contributed by atoms with van der Waals surface area (Å²) in [6, 6.07) is 0. The van der Waals surface area contributed by atoms with Crippen LogP contribution in [0, 0.1) is 0 Å². The summed E-state index contributed by atoms with van der Waals surface area (Å²) in [5, 5.41) is 9.77. The number of fused-ring (bicyclic) bond motifs is 1. The molecule has 2 heterocycles. The molecule has 0 unspecified atom stereocenters. The number of aromatic amines is 1. The van der Waals surface area contributed by atoms with Gasteiger partial charge in [0.1, 0.15) is 23.1 Å². The van der Waals surface area contributed by atoms with Gasteiger partial charge in [0.2, 0.25) is 0 Å². The average Bonchev–Trinajstić information content (AvgIpc) is 2.48. The van der Waals surface area contributed by atoms with E-state index in [2.05, 4.69) is 19.9 Å². The number of imidazole rings is 1. The van der Waals surface area contributed by atoms with Crippen LogP contribution >= 0.6 is 0 Å². The molecule has 0 fully saturated rings. The van der Waals surface area contributed by atoms with Gasteiger partial charge in [-0.15, -0.1) is 0 Å². The minimum atomic E-state index is -0.978. The number of hydrogen-bond acceptors (Lipinski definition) is 4. The molecule has 2 N–H and O–H groups in total. The van der Waals surface area contributed by atoms with Gasteiger partial charge in [-0.1, -0.05) is 0 Å². The average molecular weight is 178 g/mol. The van der Waals surface area contributed by atoms with Crippen LogP contribution in [-0.2, 0) is 5.60 Å². The van der Waals surface area contributed by atoms with E-state index < -0.39 is 5.60 Å². The molecule has 0 aliphatic carbocycles. The van der Waals surface area contributed by atoms with Gasteiger partial charge in [-0.05, 0) is 13.8 Å². The molecule has 2 aromatic heterocycles. The SMILES string of the molecule is CC(C)(O)c1ncnc2nc[nH]c12. The summed E-state index contributed by atoms with van der Waals surface area (Å²) < 4.78 is 0. The molecule has 0 amide bonds. The number of aromatic nitrogens is 4. The maximum absolute atomic E-state index is 9.77. The second-order valence-electron chi connectivity index (χ2n) is 3.38. The molecule has 0 aliphatic rings. The summed E-state index contributed by atoms with van der Waals surface area (Å²) in [7, 11) is 0. The molecule has 13 heavy (non-hydrogen) atoms. The Morgan fingerprint density at radius 2 is 2.08 bits per heavy atom. The predicted molar refractivity (Wildman–Crippen MR) is 46.9 cm³/mol. The molecule has 2 aromatic rings. The van der Waals surface area contributed by atoms with Crippen molar-refractivity contribution in [2.24, 2.45) is 0 Å². The Balaban J connectivity index is 2.75. The second kappa shape index (κ2) is 2.50. The molecule has 0 spiro atoms. The molecular formula is C8H10N4O. The Morgan fingerprint density at radius 1 is 1.31 bits per heavy atom. The van der Waals surface area contributed by atoms with Crippen LogP contribution in [0.3, 0.4) is 0 Å². The van der Waals surface area contributed by atoms with Crippen molar-refractivity contribution in [2.45, 2.75) is 19.4 Å². The zero-order valence-corrected chi connectivity index (χ0v) is 7.44. The number of hydrogen-bond donors (Lipinski definition) is 2. The highest BCUT2D eigenvalue weighted by Crippen LogP contribution is 2.22. The predicted octanol–water partition coefficient (Wildman–Crippen LogP) is 0.580. The van der Waals surface area contributed by atoms with Gasteiger partial charge in [0.25, 0.3) is 0 Å². The van der Waals surface area contributed by atoms with Crippen LogP contribution in [0.1, 0.15) is 19.5 Å². The van der Waals surface area contributed by atoms with Gasteiger partial charge in [-0.25, -0.2) is 15.0 Å². The normalized spacial score (nSPS) is 12.2. The summed E-state index contributed by atoms with van der Waals surface area (Å²) in [5.41, 5.74) is 0.852. The molecule has 0 radical (unpaired) electrons. The number of aliphatic hydroxyl groups is 1. The molecule has 0 atom stereocenters. The van der Waals surface area contributed by atoms with E-state index in [9.17, 15) is 5.11 Å². The standard InChI is InChI=1S/C8H10N4O/c1-8(2,13)6-5-7(11-3-9-5)12-4-10-6/h3-4,13H,1-2H3,(H,9,10,11,12). The van der Waals surface area contributed by atoms with E-state index in [1.807, 2.05) is 0 Å². The van der Waals surface area contributed by atoms with E-state index in [0.29, 0.717) is 16.9 Å². The number of nitrogens with zero attached hydrogens (tertiary/aromatic N) is 3. The fraction of sp³-hybridized carbons (Fsp3) is 0.375. The molecule has 0 aliphatic heterocycles. The first-order valence-corrected chi connectivity index (χ1v) is 3.96. The van der Waals surface area contributed by atoms with Crippen molar-refractivity contribution in [1.82, 2.24) is 19.9 Å². The minimum Gasteiger partial charge on any atom is -0.384 e. The molecule has 0 aromatic carbocycles. The zero-order chi connectivity index (χ0) is 9.47. The summed E-state index contributed by atoms with van der Waals surface area (Å²) >= 11 is 0. The lowest BCUT2D eigenvalue weighted by atomic mass is 10.0. The van der Waals surface area contributed by atoms with E-state index in [-0.39, 0.29) is 0 Å². The van der Waals surface area contributed by atoms with Crippen molar-refractivity contribution >= 4 is 11.2 Å².